The van der Waals surface area contributed by atoms with E-state index in [4.69, 9.17) is 0 Å². The van der Waals surface area contributed by atoms with Gasteiger partial charge in [0.2, 0.25) is 0 Å². The molecule has 0 amide bonds. The molecule has 0 saturated carbocycles. The molecule has 1 saturated heterocycles. The Morgan fingerprint density at radius 2 is 1.11 bits per heavy atom. The molecule has 1 unspecified atom stereocenters. The predicted octanol–water partition coefficient (Wildman–Crippen LogP) is 7.44. The lowest BCUT2D eigenvalue weighted by Gasteiger charge is -2.37. The fourth-order valence-electron chi connectivity index (χ4n) is 4.68. The number of rotatable bonds is 8. The van der Waals surface area contributed by atoms with Crippen molar-refractivity contribution in [2.24, 2.45) is 0 Å². The van der Waals surface area contributed by atoms with Crippen LogP contribution in [0.2, 0.25) is 0 Å². The molecule has 1 heterocycles. The summed E-state index contributed by atoms with van der Waals surface area (Å²) in [6.07, 6.45) is 5.13. The molecular formula is C32H31N2O3P. The van der Waals surface area contributed by atoms with Crippen molar-refractivity contribution in [3.05, 3.63) is 139 Å². The second-order valence-corrected chi connectivity index (χ2v) is 11.5. The van der Waals surface area contributed by atoms with Crippen LogP contribution < -0.4 is 9.34 Å². The first-order valence-corrected chi connectivity index (χ1v) is 14.3. The molecule has 192 valence electrons. The Bertz CT molecular complexity index is 1310. The highest BCUT2D eigenvalue weighted by Crippen LogP contribution is 2.69. The van der Waals surface area contributed by atoms with Crippen LogP contribution in [0.1, 0.15) is 23.2 Å². The highest BCUT2D eigenvalue weighted by Gasteiger charge is 2.49. The summed E-state index contributed by atoms with van der Waals surface area (Å²) in [4.78, 5) is 21.5. The van der Waals surface area contributed by atoms with E-state index in [1.165, 1.54) is 6.08 Å². The summed E-state index contributed by atoms with van der Waals surface area (Å²) in [5.74, 6) is 0. The second-order valence-electron chi connectivity index (χ2n) is 8.74. The quantitative estimate of drug-likeness (QED) is 0.137. The molecule has 6 heteroatoms. The summed E-state index contributed by atoms with van der Waals surface area (Å²) < 4.78 is 18.9. The zero-order valence-electron chi connectivity index (χ0n) is 21.1. The fourth-order valence-corrected chi connectivity index (χ4v) is 8.22. The molecule has 38 heavy (non-hydrogen) atoms. The van der Waals surface area contributed by atoms with Crippen LogP contribution in [-0.4, -0.2) is 25.7 Å². The average Bonchev–Trinajstić information content (AvgIpc) is 3.34. The third-order valence-corrected chi connectivity index (χ3v) is 9.97. The van der Waals surface area contributed by atoms with Crippen molar-refractivity contribution >= 4 is 37.5 Å². The third-order valence-electron chi connectivity index (χ3n) is 6.40. The molecule has 0 spiro atoms. The Morgan fingerprint density at radius 1 is 0.658 bits per heavy atom. The first kappa shape index (κ1) is 26.8. The first-order valence-electron chi connectivity index (χ1n) is 12.6. The van der Waals surface area contributed by atoms with Gasteiger partial charge in [-0.05, 0) is 41.5 Å². The van der Waals surface area contributed by atoms with Crippen LogP contribution in [0, 0.1) is 0 Å². The van der Waals surface area contributed by atoms with Crippen LogP contribution in [0.25, 0.3) is 6.08 Å². The minimum Gasteiger partial charge on any atom is -0.305 e. The normalized spacial score (nSPS) is 14.9. The Balaban J connectivity index is 0.000000283. The van der Waals surface area contributed by atoms with E-state index < -0.39 is 13.1 Å². The minimum absolute atomic E-state index is 0.216. The molecule has 4 aromatic carbocycles. The molecule has 0 radical (unpaired) electrons. The smallest absolute Gasteiger partial charge is 0.270 e. The van der Waals surface area contributed by atoms with Gasteiger partial charge in [-0.25, -0.2) is 0 Å². The summed E-state index contributed by atoms with van der Waals surface area (Å²) in [5, 5.41) is 0. The van der Waals surface area contributed by atoms with Gasteiger partial charge in [-0.15, -0.1) is 0 Å². The Kier molecular flexibility index (Phi) is 9.44. The van der Waals surface area contributed by atoms with Gasteiger partial charge < -0.3 is 14.1 Å². The predicted molar refractivity (Wildman–Crippen MR) is 157 cm³/mol. The van der Waals surface area contributed by atoms with Crippen molar-refractivity contribution < 1.29 is 14.2 Å². The van der Waals surface area contributed by atoms with Gasteiger partial charge >= 0.3 is 0 Å². The lowest BCUT2D eigenvalue weighted by atomic mass is 10.1. The summed E-state index contributed by atoms with van der Waals surface area (Å²) in [6, 6.07) is 39.2. The number of carbonyl (C=O) groups excluding carboxylic acids is 2. The van der Waals surface area contributed by atoms with Crippen molar-refractivity contribution in [3.8, 4) is 0 Å². The van der Waals surface area contributed by atoms with Crippen LogP contribution in [0.15, 0.2) is 127 Å². The van der Waals surface area contributed by atoms with Crippen molar-refractivity contribution in [3.63, 3.8) is 0 Å². The SMILES string of the molecule is O=C/C=C/c1ccccc1.O=CCC(c1ccccc1)P1(=O)N(c2ccccc2)CCN1c1ccccc1. The molecule has 4 aromatic rings. The number of carbonyl (C=O) groups is 2. The van der Waals surface area contributed by atoms with Gasteiger partial charge in [-0.2, -0.15) is 0 Å². The standard InChI is InChI=1S/C23H23N2O2P.C9H8O/c26-19-16-23(20-10-4-1-5-11-20)28(27)24(21-12-6-2-7-13-21)17-18-25(28)22-14-8-3-9-15-22;10-8-4-7-9-5-2-1-3-6-9/h1-15,19,23H,16-18H2;1-8H/b;7-4+. The second kappa shape index (κ2) is 13.4. The van der Waals surface area contributed by atoms with Crippen LogP contribution in [-0.2, 0) is 14.2 Å². The number of aldehydes is 2. The number of anilines is 2. The maximum Gasteiger partial charge on any atom is 0.270 e. The highest BCUT2D eigenvalue weighted by atomic mass is 31.2. The lowest BCUT2D eigenvalue weighted by Crippen LogP contribution is -2.24. The van der Waals surface area contributed by atoms with Gasteiger partial charge in [0.15, 0.2) is 0 Å². The zero-order chi connectivity index (χ0) is 26.6. The van der Waals surface area contributed by atoms with E-state index in [1.54, 1.807) is 6.08 Å². The molecule has 0 aliphatic carbocycles. The molecule has 1 aliphatic heterocycles. The monoisotopic (exact) mass is 522 g/mol. The highest BCUT2D eigenvalue weighted by molar-refractivity contribution is 7.68. The van der Waals surface area contributed by atoms with Crippen LogP contribution in [0.3, 0.4) is 0 Å². The van der Waals surface area contributed by atoms with E-state index in [-0.39, 0.29) is 6.42 Å². The first-order chi connectivity index (χ1) is 18.7. The molecule has 0 N–H and O–H groups in total. The average molecular weight is 523 g/mol. The molecule has 0 aromatic heterocycles. The third kappa shape index (κ3) is 6.19. The minimum atomic E-state index is -3.15. The zero-order valence-corrected chi connectivity index (χ0v) is 22.0. The van der Waals surface area contributed by atoms with Gasteiger partial charge in [0.1, 0.15) is 12.6 Å². The van der Waals surface area contributed by atoms with E-state index in [9.17, 15) is 14.2 Å². The van der Waals surface area contributed by atoms with Crippen LogP contribution >= 0.6 is 7.44 Å². The number of benzene rings is 4. The Morgan fingerprint density at radius 3 is 1.55 bits per heavy atom. The lowest BCUT2D eigenvalue weighted by molar-refractivity contribution is -0.108. The number of para-hydroxylation sites is 2. The number of hydrogen-bond acceptors (Lipinski definition) is 3. The van der Waals surface area contributed by atoms with E-state index in [0.29, 0.717) is 13.1 Å². The fraction of sp³-hybridized carbons (Fsp3) is 0.125. The van der Waals surface area contributed by atoms with E-state index in [2.05, 4.69) is 0 Å². The van der Waals surface area contributed by atoms with Crippen LogP contribution in [0.4, 0.5) is 11.4 Å². The van der Waals surface area contributed by atoms with E-state index >= 15 is 0 Å². The van der Waals surface area contributed by atoms with Crippen molar-refractivity contribution in [2.75, 3.05) is 22.4 Å². The number of nitrogens with zero attached hydrogens (tertiary/aromatic N) is 2. The molecule has 5 nitrogen and oxygen atoms in total. The molecule has 1 fully saturated rings. The summed E-state index contributed by atoms with van der Waals surface area (Å²) in [5.41, 5.74) is 3.44. The van der Waals surface area contributed by atoms with Crippen molar-refractivity contribution in [1.82, 2.24) is 0 Å². The van der Waals surface area contributed by atoms with Crippen LogP contribution in [0.5, 0.6) is 0 Å². The van der Waals surface area contributed by atoms with Gasteiger partial charge in [0, 0.05) is 30.9 Å². The number of hydrogen-bond donors (Lipinski definition) is 0. The van der Waals surface area contributed by atoms with Crippen molar-refractivity contribution in [1.29, 1.82) is 0 Å². The molecule has 1 atom stereocenters. The topological polar surface area (TPSA) is 57.7 Å². The maximum atomic E-state index is 14.9. The Labute approximate surface area is 224 Å². The van der Waals surface area contributed by atoms with Gasteiger partial charge in [-0.3, -0.25) is 9.36 Å². The summed E-state index contributed by atoms with van der Waals surface area (Å²) >= 11 is 0. The molecular weight excluding hydrogens is 491 g/mol. The largest absolute Gasteiger partial charge is 0.305 e. The van der Waals surface area contributed by atoms with E-state index in [1.807, 2.05) is 131 Å². The van der Waals surface area contributed by atoms with Crippen molar-refractivity contribution in [2.45, 2.75) is 12.1 Å². The molecule has 0 bridgehead atoms. The summed E-state index contributed by atoms with van der Waals surface area (Å²) in [6.45, 7) is 1.30. The molecule has 5 rings (SSSR count). The van der Waals surface area contributed by atoms with Gasteiger partial charge in [0.05, 0.1) is 5.66 Å². The van der Waals surface area contributed by atoms with E-state index in [0.717, 1.165) is 35.1 Å². The molecule has 1 aliphatic rings. The van der Waals surface area contributed by atoms with Gasteiger partial charge in [0.25, 0.3) is 7.44 Å². The Hall–Kier alpha value is -4.21. The maximum absolute atomic E-state index is 14.9. The van der Waals surface area contributed by atoms with Gasteiger partial charge in [-0.1, -0.05) is 103 Å². The number of allylic oxidation sites excluding steroid dienone is 1. The summed E-state index contributed by atoms with van der Waals surface area (Å²) in [7, 11) is -3.15.